The molecule has 0 radical (unpaired) electrons. The zero-order valence-corrected chi connectivity index (χ0v) is 13.3. The molecule has 0 spiro atoms. The summed E-state index contributed by atoms with van der Waals surface area (Å²) in [6.07, 6.45) is 5.50. The smallest absolute Gasteiger partial charge is 0.347 e. The Labute approximate surface area is 138 Å². The lowest BCUT2D eigenvalue weighted by atomic mass is 10.2. The Morgan fingerprint density at radius 3 is 2.92 bits per heavy atom. The number of carbonyl (C=O) groups is 1. The van der Waals surface area contributed by atoms with Crippen molar-refractivity contribution in [1.82, 2.24) is 19.7 Å². The molecule has 1 N–H and O–H groups in total. The highest BCUT2D eigenvalue weighted by Crippen LogP contribution is 2.36. The molecular weight excluding hydrogens is 312 g/mol. The maximum Gasteiger partial charge on any atom is 0.347 e. The number of nitrogens with one attached hydrogen (secondary N) is 1. The molecular formula is C16H20N4O4. The van der Waals surface area contributed by atoms with E-state index in [0.29, 0.717) is 18.1 Å². The van der Waals surface area contributed by atoms with Gasteiger partial charge in [0.2, 0.25) is 11.7 Å². The van der Waals surface area contributed by atoms with E-state index in [2.05, 4.69) is 10.4 Å². The minimum absolute atomic E-state index is 0.0772. The molecule has 8 heteroatoms. The minimum atomic E-state index is -0.267. The van der Waals surface area contributed by atoms with Crippen LogP contribution in [0.25, 0.3) is 11.6 Å². The van der Waals surface area contributed by atoms with Gasteiger partial charge in [-0.1, -0.05) is 0 Å². The average molecular weight is 332 g/mol. The molecule has 2 aromatic rings. The van der Waals surface area contributed by atoms with Gasteiger partial charge >= 0.3 is 5.69 Å². The number of ether oxygens (including phenoxy) is 1. The average Bonchev–Trinajstić information content (AvgIpc) is 3.00. The van der Waals surface area contributed by atoms with Gasteiger partial charge in [0.05, 0.1) is 12.4 Å². The zero-order valence-electron chi connectivity index (χ0n) is 13.3. The van der Waals surface area contributed by atoms with Crippen molar-refractivity contribution in [3.8, 4) is 11.6 Å². The lowest BCUT2D eigenvalue weighted by Gasteiger charge is -2.10. The van der Waals surface area contributed by atoms with E-state index in [1.807, 2.05) is 0 Å². The van der Waals surface area contributed by atoms with Crippen LogP contribution in [0.3, 0.4) is 0 Å². The Morgan fingerprint density at radius 1 is 1.38 bits per heavy atom. The van der Waals surface area contributed by atoms with Crippen molar-refractivity contribution >= 4 is 5.91 Å². The third kappa shape index (κ3) is 3.01. The lowest BCUT2D eigenvalue weighted by molar-refractivity contribution is -0.122. The summed E-state index contributed by atoms with van der Waals surface area (Å²) in [7, 11) is 0. The van der Waals surface area contributed by atoms with Gasteiger partial charge in [0, 0.05) is 19.2 Å². The summed E-state index contributed by atoms with van der Waals surface area (Å²) in [6.45, 7) is 1.12. The van der Waals surface area contributed by atoms with Crippen LogP contribution in [-0.2, 0) is 16.1 Å². The van der Waals surface area contributed by atoms with Gasteiger partial charge in [-0.15, -0.1) is 5.10 Å². The van der Waals surface area contributed by atoms with Crippen LogP contribution in [0.4, 0.5) is 0 Å². The molecule has 24 heavy (non-hydrogen) atoms. The lowest BCUT2D eigenvalue weighted by Crippen LogP contribution is -2.37. The van der Waals surface area contributed by atoms with E-state index in [1.54, 1.807) is 23.0 Å². The minimum Gasteiger partial charge on any atom is -0.461 e. The normalized spacial score (nSPS) is 20.4. The van der Waals surface area contributed by atoms with E-state index < -0.39 is 0 Å². The molecule has 8 nitrogen and oxygen atoms in total. The summed E-state index contributed by atoms with van der Waals surface area (Å²) < 4.78 is 13.7. The number of amides is 1. The van der Waals surface area contributed by atoms with Crippen molar-refractivity contribution in [2.75, 3.05) is 13.2 Å². The van der Waals surface area contributed by atoms with E-state index in [1.165, 1.54) is 4.68 Å². The molecule has 0 bridgehead atoms. The standard InChI is InChI=1S/C16H20N4O4/c21-14(17-9-12-3-1-7-23-12)10-19-16(22)20(11-5-6-11)15(18-19)13-4-2-8-24-13/h2,4,8,11-12H,1,3,5-7,9-10H2,(H,17,21)/t12-/m0/s1. The van der Waals surface area contributed by atoms with E-state index in [4.69, 9.17) is 9.15 Å². The fourth-order valence-corrected chi connectivity index (χ4v) is 2.98. The highest BCUT2D eigenvalue weighted by molar-refractivity contribution is 5.75. The van der Waals surface area contributed by atoms with Crippen LogP contribution >= 0.6 is 0 Å². The molecule has 1 amide bonds. The second-order valence-corrected chi connectivity index (χ2v) is 6.28. The van der Waals surface area contributed by atoms with Crippen LogP contribution in [0.15, 0.2) is 27.6 Å². The van der Waals surface area contributed by atoms with Gasteiger partial charge < -0.3 is 14.5 Å². The number of aromatic nitrogens is 3. The first kappa shape index (κ1) is 15.2. The molecule has 2 fully saturated rings. The van der Waals surface area contributed by atoms with Crippen molar-refractivity contribution in [2.24, 2.45) is 0 Å². The molecule has 3 heterocycles. The topological polar surface area (TPSA) is 91.3 Å². The van der Waals surface area contributed by atoms with Crippen LogP contribution in [0.5, 0.6) is 0 Å². The summed E-state index contributed by atoms with van der Waals surface area (Å²) in [6, 6.07) is 3.67. The van der Waals surface area contributed by atoms with Crippen molar-refractivity contribution in [2.45, 2.75) is 44.4 Å². The maximum atomic E-state index is 12.6. The van der Waals surface area contributed by atoms with Crippen LogP contribution < -0.4 is 11.0 Å². The van der Waals surface area contributed by atoms with Gasteiger partial charge in [-0.3, -0.25) is 9.36 Å². The summed E-state index contributed by atoms with van der Waals surface area (Å²) in [5.74, 6) is 0.788. The Morgan fingerprint density at radius 2 is 2.25 bits per heavy atom. The summed E-state index contributed by atoms with van der Waals surface area (Å²) in [5.41, 5.74) is -0.267. The molecule has 0 unspecified atom stereocenters. The predicted molar refractivity (Wildman–Crippen MR) is 84.4 cm³/mol. The maximum absolute atomic E-state index is 12.6. The third-order valence-corrected chi connectivity index (χ3v) is 4.37. The number of carbonyl (C=O) groups excluding carboxylic acids is 1. The first-order valence-corrected chi connectivity index (χ1v) is 8.34. The largest absolute Gasteiger partial charge is 0.461 e. The Hall–Kier alpha value is -2.35. The summed E-state index contributed by atoms with van der Waals surface area (Å²) >= 11 is 0. The number of furan rings is 1. The molecule has 1 atom stereocenters. The van der Waals surface area contributed by atoms with Gasteiger partial charge in [-0.25, -0.2) is 9.48 Å². The van der Waals surface area contributed by atoms with Crippen molar-refractivity contribution < 1.29 is 13.9 Å². The zero-order chi connectivity index (χ0) is 16.5. The summed E-state index contributed by atoms with van der Waals surface area (Å²) in [4.78, 5) is 24.7. The number of rotatable bonds is 6. The molecule has 0 aromatic carbocycles. The predicted octanol–water partition coefficient (Wildman–Crippen LogP) is 0.935. The van der Waals surface area contributed by atoms with E-state index >= 15 is 0 Å². The fourth-order valence-electron chi connectivity index (χ4n) is 2.98. The fraction of sp³-hybridized carbons (Fsp3) is 0.562. The quantitative estimate of drug-likeness (QED) is 0.850. The Bertz CT molecular complexity index is 767. The SMILES string of the molecule is O=C(Cn1nc(-c2ccco2)n(C2CC2)c1=O)NC[C@@H]1CCCO1. The van der Waals surface area contributed by atoms with Crippen LogP contribution in [0, 0.1) is 0 Å². The van der Waals surface area contributed by atoms with Gasteiger partial charge in [0.25, 0.3) is 0 Å². The third-order valence-electron chi connectivity index (χ3n) is 4.37. The second-order valence-electron chi connectivity index (χ2n) is 6.28. The molecule has 2 aliphatic rings. The highest BCUT2D eigenvalue weighted by Gasteiger charge is 2.31. The number of hydrogen-bond acceptors (Lipinski definition) is 5. The highest BCUT2D eigenvalue weighted by atomic mass is 16.5. The van der Waals surface area contributed by atoms with Crippen LogP contribution in [-0.4, -0.2) is 39.5 Å². The van der Waals surface area contributed by atoms with Gasteiger partial charge in [-0.05, 0) is 37.8 Å². The number of nitrogens with zero attached hydrogens (tertiary/aromatic N) is 3. The van der Waals surface area contributed by atoms with Crippen molar-refractivity contribution in [3.63, 3.8) is 0 Å². The molecule has 1 aliphatic carbocycles. The molecule has 1 saturated carbocycles. The first-order valence-electron chi connectivity index (χ1n) is 8.34. The second kappa shape index (κ2) is 6.27. The molecule has 2 aromatic heterocycles. The van der Waals surface area contributed by atoms with Crippen LogP contribution in [0.1, 0.15) is 31.7 Å². The first-order chi connectivity index (χ1) is 11.7. The van der Waals surface area contributed by atoms with Crippen molar-refractivity contribution in [3.05, 3.63) is 28.9 Å². The Balaban J connectivity index is 1.49. The van der Waals surface area contributed by atoms with Crippen molar-refractivity contribution in [1.29, 1.82) is 0 Å². The van der Waals surface area contributed by atoms with Gasteiger partial charge in [0.15, 0.2) is 5.76 Å². The van der Waals surface area contributed by atoms with E-state index in [0.717, 1.165) is 32.3 Å². The van der Waals surface area contributed by atoms with Gasteiger partial charge in [-0.2, -0.15) is 0 Å². The number of hydrogen-bond donors (Lipinski definition) is 1. The van der Waals surface area contributed by atoms with Gasteiger partial charge in [0.1, 0.15) is 6.54 Å². The monoisotopic (exact) mass is 332 g/mol. The molecule has 1 saturated heterocycles. The molecule has 1 aliphatic heterocycles. The molecule has 4 rings (SSSR count). The van der Waals surface area contributed by atoms with E-state index in [9.17, 15) is 9.59 Å². The van der Waals surface area contributed by atoms with Crippen LogP contribution in [0.2, 0.25) is 0 Å². The van der Waals surface area contributed by atoms with E-state index in [-0.39, 0.29) is 30.3 Å². The molecule has 128 valence electrons. The Kier molecular flexibility index (Phi) is 3.97. The summed E-state index contributed by atoms with van der Waals surface area (Å²) in [5, 5.41) is 7.13.